The van der Waals surface area contributed by atoms with Gasteiger partial charge in [-0.05, 0) is 32.0 Å². The van der Waals surface area contributed by atoms with Crippen LogP contribution in [0.25, 0.3) is 0 Å². The maximum atomic E-state index is 6.01. The van der Waals surface area contributed by atoms with Gasteiger partial charge < -0.3 is 10.1 Å². The zero-order chi connectivity index (χ0) is 16.1. The number of aromatic nitrogens is 1. The maximum Gasteiger partial charge on any atom is 0.130 e. The van der Waals surface area contributed by atoms with Gasteiger partial charge in [0, 0.05) is 43.5 Å². The fourth-order valence-electron chi connectivity index (χ4n) is 3.03. The Morgan fingerprint density at radius 2 is 2.00 bits per heavy atom. The average molecular weight is 311 g/mol. The zero-order valence-electron chi connectivity index (χ0n) is 14.0. The first-order valence-corrected chi connectivity index (χ1v) is 8.20. The summed E-state index contributed by atoms with van der Waals surface area (Å²) in [6.07, 6.45) is 1.80. The molecule has 122 valence electrons. The normalized spacial score (nSPS) is 17.8. The van der Waals surface area contributed by atoms with E-state index in [1.807, 2.05) is 30.3 Å². The second-order valence-corrected chi connectivity index (χ2v) is 6.74. The summed E-state index contributed by atoms with van der Waals surface area (Å²) in [5, 5.41) is 3.55. The Bertz CT molecular complexity index is 628. The second kappa shape index (κ2) is 7.11. The Morgan fingerprint density at radius 1 is 1.17 bits per heavy atom. The summed E-state index contributed by atoms with van der Waals surface area (Å²) in [4.78, 5) is 6.80. The van der Waals surface area contributed by atoms with Crippen molar-refractivity contribution in [1.29, 1.82) is 0 Å². The van der Waals surface area contributed by atoms with E-state index in [4.69, 9.17) is 4.74 Å². The van der Waals surface area contributed by atoms with Crippen LogP contribution in [0.15, 0.2) is 48.7 Å². The lowest BCUT2D eigenvalue weighted by molar-refractivity contribution is 0.146. The minimum absolute atomic E-state index is 0.169. The van der Waals surface area contributed by atoms with Crippen LogP contribution in [0.4, 0.5) is 0 Å². The van der Waals surface area contributed by atoms with E-state index in [1.165, 1.54) is 5.56 Å². The van der Waals surface area contributed by atoms with Crippen LogP contribution >= 0.6 is 0 Å². The first-order chi connectivity index (χ1) is 11.1. The fourth-order valence-corrected chi connectivity index (χ4v) is 3.03. The van der Waals surface area contributed by atoms with E-state index in [1.54, 1.807) is 6.20 Å². The molecule has 1 saturated heterocycles. The van der Waals surface area contributed by atoms with E-state index in [0.29, 0.717) is 6.61 Å². The average Bonchev–Trinajstić information content (AvgIpc) is 2.54. The molecule has 0 unspecified atom stereocenters. The van der Waals surface area contributed by atoms with Gasteiger partial charge >= 0.3 is 0 Å². The summed E-state index contributed by atoms with van der Waals surface area (Å²) in [5.41, 5.74) is 2.36. The van der Waals surface area contributed by atoms with Gasteiger partial charge in [-0.3, -0.25) is 9.88 Å². The Morgan fingerprint density at radius 3 is 2.78 bits per heavy atom. The monoisotopic (exact) mass is 311 g/mol. The molecule has 0 spiro atoms. The number of benzene rings is 1. The maximum absolute atomic E-state index is 6.01. The standard InChI is InChI=1S/C19H25N3O/c1-19(2)15-22(12-11-21-19)13-16-7-3-4-9-18(16)23-14-17-8-5-6-10-20-17/h3-10,21H,11-15H2,1-2H3. The number of piperazine rings is 1. The van der Waals surface area contributed by atoms with Crippen molar-refractivity contribution < 1.29 is 4.74 Å². The number of hydrogen-bond acceptors (Lipinski definition) is 4. The number of nitrogens with zero attached hydrogens (tertiary/aromatic N) is 2. The van der Waals surface area contributed by atoms with Gasteiger partial charge in [-0.25, -0.2) is 0 Å². The molecule has 1 aromatic carbocycles. The molecule has 23 heavy (non-hydrogen) atoms. The fraction of sp³-hybridized carbons (Fsp3) is 0.421. The molecule has 4 nitrogen and oxygen atoms in total. The van der Waals surface area contributed by atoms with Crippen LogP contribution < -0.4 is 10.1 Å². The molecular formula is C19H25N3O. The summed E-state index contributed by atoms with van der Waals surface area (Å²) in [5.74, 6) is 0.953. The minimum Gasteiger partial charge on any atom is -0.487 e. The van der Waals surface area contributed by atoms with Gasteiger partial charge in [0.15, 0.2) is 0 Å². The Balaban J connectivity index is 1.66. The molecule has 1 aliphatic rings. The molecule has 0 radical (unpaired) electrons. The third-order valence-electron chi connectivity index (χ3n) is 4.12. The molecule has 3 rings (SSSR count). The van der Waals surface area contributed by atoms with E-state index in [2.05, 4.69) is 41.2 Å². The van der Waals surface area contributed by atoms with Crippen LogP contribution in [-0.2, 0) is 13.2 Å². The SMILES string of the molecule is CC1(C)CN(Cc2ccccc2OCc2ccccn2)CCN1. The molecular weight excluding hydrogens is 286 g/mol. The van der Waals surface area contributed by atoms with Crippen LogP contribution in [0.2, 0.25) is 0 Å². The number of pyridine rings is 1. The van der Waals surface area contributed by atoms with Crippen LogP contribution in [0, 0.1) is 0 Å². The number of ether oxygens (including phenoxy) is 1. The van der Waals surface area contributed by atoms with Crippen molar-refractivity contribution in [3.8, 4) is 5.75 Å². The summed E-state index contributed by atoms with van der Waals surface area (Å²) in [6, 6.07) is 14.2. The van der Waals surface area contributed by atoms with Crippen LogP contribution in [0.1, 0.15) is 25.1 Å². The van der Waals surface area contributed by atoms with Crippen molar-refractivity contribution in [2.45, 2.75) is 32.5 Å². The third-order valence-corrected chi connectivity index (χ3v) is 4.12. The van der Waals surface area contributed by atoms with Gasteiger partial charge in [-0.2, -0.15) is 0 Å². The summed E-state index contributed by atoms with van der Waals surface area (Å²) in [6.45, 7) is 9.07. The Hall–Kier alpha value is -1.91. The predicted molar refractivity (Wildman–Crippen MR) is 92.4 cm³/mol. The van der Waals surface area contributed by atoms with Gasteiger partial charge in [-0.15, -0.1) is 0 Å². The molecule has 4 heteroatoms. The first-order valence-electron chi connectivity index (χ1n) is 8.20. The molecule has 2 aromatic rings. The minimum atomic E-state index is 0.169. The number of rotatable bonds is 5. The molecule has 0 bridgehead atoms. The van der Waals surface area contributed by atoms with E-state index >= 15 is 0 Å². The van der Waals surface area contributed by atoms with Gasteiger partial charge in [0.25, 0.3) is 0 Å². The summed E-state index contributed by atoms with van der Waals surface area (Å²) in [7, 11) is 0. The molecule has 0 aliphatic carbocycles. The molecule has 0 atom stereocenters. The molecule has 1 aliphatic heterocycles. The molecule has 0 saturated carbocycles. The molecule has 1 fully saturated rings. The highest BCUT2D eigenvalue weighted by Crippen LogP contribution is 2.22. The van der Waals surface area contributed by atoms with E-state index in [9.17, 15) is 0 Å². The lowest BCUT2D eigenvalue weighted by atomic mass is 10.0. The molecule has 1 N–H and O–H groups in total. The van der Waals surface area contributed by atoms with Crippen LogP contribution in [0.3, 0.4) is 0 Å². The Labute approximate surface area is 138 Å². The van der Waals surface area contributed by atoms with Gasteiger partial charge in [0.05, 0.1) is 5.69 Å². The lowest BCUT2D eigenvalue weighted by Crippen LogP contribution is -2.56. The first kappa shape index (κ1) is 16.0. The topological polar surface area (TPSA) is 37.4 Å². The zero-order valence-corrected chi connectivity index (χ0v) is 14.0. The Kier molecular flexibility index (Phi) is 4.94. The van der Waals surface area contributed by atoms with Crippen LogP contribution in [0.5, 0.6) is 5.75 Å². The summed E-state index contributed by atoms with van der Waals surface area (Å²) >= 11 is 0. The smallest absolute Gasteiger partial charge is 0.130 e. The van der Waals surface area contributed by atoms with Crippen molar-refractivity contribution in [2.75, 3.05) is 19.6 Å². The number of nitrogens with one attached hydrogen (secondary N) is 1. The van der Waals surface area contributed by atoms with E-state index in [0.717, 1.165) is 37.6 Å². The van der Waals surface area contributed by atoms with Crippen molar-refractivity contribution in [3.63, 3.8) is 0 Å². The molecule has 2 heterocycles. The quantitative estimate of drug-likeness (QED) is 0.921. The highest BCUT2D eigenvalue weighted by atomic mass is 16.5. The summed E-state index contributed by atoms with van der Waals surface area (Å²) < 4.78 is 6.01. The van der Waals surface area contributed by atoms with Gasteiger partial charge in [0.2, 0.25) is 0 Å². The van der Waals surface area contributed by atoms with Crippen molar-refractivity contribution in [1.82, 2.24) is 15.2 Å². The highest BCUT2D eigenvalue weighted by molar-refractivity contribution is 5.33. The van der Waals surface area contributed by atoms with Crippen LogP contribution in [-0.4, -0.2) is 35.1 Å². The van der Waals surface area contributed by atoms with Gasteiger partial charge in [0.1, 0.15) is 12.4 Å². The molecule has 1 aromatic heterocycles. The lowest BCUT2D eigenvalue weighted by Gasteiger charge is -2.39. The van der Waals surface area contributed by atoms with Crippen molar-refractivity contribution >= 4 is 0 Å². The van der Waals surface area contributed by atoms with Crippen molar-refractivity contribution in [3.05, 3.63) is 59.9 Å². The number of hydrogen-bond donors (Lipinski definition) is 1. The van der Waals surface area contributed by atoms with E-state index < -0.39 is 0 Å². The second-order valence-electron chi connectivity index (χ2n) is 6.74. The third kappa shape index (κ3) is 4.53. The largest absolute Gasteiger partial charge is 0.487 e. The predicted octanol–water partition coefficient (Wildman–Crippen LogP) is 2.84. The van der Waals surface area contributed by atoms with E-state index in [-0.39, 0.29) is 5.54 Å². The molecule has 0 amide bonds. The highest BCUT2D eigenvalue weighted by Gasteiger charge is 2.25. The van der Waals surface area contributed by atoms with Crippen molar-refractivity contribution in [2.24, 2.45) is 0 Å². The van der Waals surface area contributed by atoms with Gasteiger partial charge in [-0.1, -0.05) is 24.3 Å². The number of para-hydroxylation sites is 1.